The van der Waals surface area contributed by atoms with Crippen LogP contribution in [0.3, 0.4) is 0 Å². The van der Waals surface area contributed by atoms with Gasteiger partial charge in [-0.3, -0.25) is 0 Å². The van der Waals surface area contributed by atoms with Crippen molar-refractivity contribution in [2.75, 3.05) is 6.79 Å². The molecule has 124 valence electrons. The number of hydrogen-bond donors (Lipinski definition) is 1. The van der Waals surface area contributed by atoms with Gasteiger partial charge in [0.05, 0.1) is 0 Å². The number of hydrogen-bond acceptors (Lipinski definition) is 3. The van der Waals surface area contributed by atoms with Crippen molar-refractivity contribution in [2.24, 2.45) is 0 Å². The van der Waals surface area contributed by atoms with E-state index in [0.717, 1.165) is 35.5 Å². The zero-order valence-electron chi connectivity index (χ0n) is 13.4. The van der Waals surface area contributed by atoms with Gasteiger partial charge in [0.15, 0.2) is 11.5 Å². The van der Waals surface area contributed by atoms with E-state index >= 15 is 0 Å². The van der Waals surface area contributed by atoms with Crippen LogP contribution in [0.15, 0.2) is 48.5 Å². The molecule has 2 amide bonds. The summed E-state index contributed by atoms with van der Waals surface area (Å²) in [4.78, 5) is 14.5. The minimum absolute atomic E-state index is 0.0148. The monoisotopic (exact) mass is 324 g/mol. The number of rotatable bonds is 5. The molecule has 0 aromatic heterocycles. The van der Waals surface area contributed by atoms with E-state index in [1.807, 2.05) is 53.4 Å². The van der Waals surface area contributed by atoms with E-state index in [-0.39, 0.29) is 12.8 Å². The Morgan fingerprint density at radius 3 is 2.62 bits per heavy atom. The fourth-order valence-corrected chi connectivity index (χ4v) is 2.86. The van der Waals surface area contributed by atoms with E-state index in [0.29, 0.717) is 19.1 Å². The summed E-state index contributed by atoms with van der Waals surface area (Å²) < 4.78 is 10.8. The molecule has 0 unspecified atom stereocenters. The molecule has 1 aliphatic carbocycles. The number of carbonyl (C=O) groups is 1. The predicted molar refractivity (Wildman–Crippen MR) is 89.8 cm³/mol. The summed E-state index contributed by atoms with van der Waals surface area (Å²) in [6, 6.07) is 16.1. The Morgan fingerprint density at radius 1 is 1.04 bits per heavy atom. The van der Waals surface area contributed by atoms with Crippen LogP contribution in [0, 0.1) is 0 Å². The average Bonchev–Trinajstić information content (AvgIpc) is 3.35. The molecule has 1 heterocycles. The second-order valence-electron chi connectivity index (χ2n) is 6.19. The van der Waals surface area contributed by atoms with Crippen LogP contribution in [-0.2, 0) is 13.1 Å². The summed E-state index contributed by atoms with van der Waals surface area (Å²) in [7, 11) is 0. The fraction of sp³-hybridized carbons (Fsp3) is 0.316. The maximum absolute atomic E-state index is 12.6. The lowest BCUT2D eigenvalue weighted by Crippen LogP contribution is -2.40. The molecule has 0 saturated heterocycles. The van der Waals surface area contributed by atoms with Crippen molar-refractivity contribution in [3.63, 3.8) is 0 Å². The second kappa shape index (κ2) is 6.43. The van der Waals surface area contributed by atoms with Gasteiger partial charge in [0.1, 0.15) is 0 Å². The Balaban J connectivity index is 1.41. The molecule has 1 aliphatic heterocycles. The minimum atomic E-state index is -0.0148. The number of amides is 2. The first-order valence-corrected chi connectivity index (χ1v) is 8.26. The van der Waals surface area contributed by atoms with Gasteiger partial charge in [-0.05, 0) is 36.1 Å². The molecule has 2 aromatic carbocycles. The van der Waals surface area contributed by atoms with Crippen molar-refractivity contribution in [1.29, 1.82) is 0 Å². The summed E-state index contributed by atoms with van der Waals surface area (Å²) in [6.07, 6.45) is 2.15. The molecule has 2 aliphatic rings. The highest BCUT2D eigenvalue weighted by molar-refractivity contribution is 5.75. The van der Waals surface area contributed by atoms with Crippen molar-refractivity contribution in [3.05, 3.63) is 59.7 Å². The molecular formula is C19H20N2O3. The highest BCUT2D eigenvalue weighted by Crippen LogP contribution is 2.34. The van der Waals surface area contributed by atoms with Crippen LogP contribution in [0.5, 0.6) is 11.5 Å². The van der Waals surface area contributed by atoms with E-state index in [9.17, 15) is 4.79 Å². The van der Waals surface area contributed by atoms with Gasteiger partial charge in [-0.1, -0.05) is 36.4 Å². The molecule has 5 nitrogen and oxygen atoms in total. The van der Waals surface area contributed by atoms with E-state index < -0.39 is 0 Å². The standard InChI is InChI=1S/C19H20N2O3/c22-19(20-11-14-4-2-1-3-5-14)21(16-7-8-16)12-15-6-9-17-18(10-15)24-13-23-17/h1-6,9-10,16H,7-8,11-13H2,(H,20,22). The zero-order chi connectivity index (χ0) is 16.4. The van der Waals surface area contributed by atoms with Gasteiger partial charge in [0.25, 0.3) is 0 Å². The Bertz CT molecular complexity index is 729. The molecule has 1 fully saturated rings. The van der Waals surface area contributed by atoms with Gasteiger partial charge in [0.2, 0.25) is 6.79 Å². The fourth-order valence-electron chi connectivity index (χ4n) is 2.86. The molecule has 2 aromatic rings. The lowest BCUT2D eigenvalue weighted by molar-refractivity contribution is 0.173. The first-order chi connectivity index (χ1) is 11.8. The van der Waals surface area contributed by atoms with Gasteiger partial charge >= 0.3 is 6.03 Å². The number of benzene rings is 2. The maximum Gasteiger partial charge on any atom is 0.318 e. The van der Waals surface area contributed by atoms with Gasteiger partial charge in [-0.2, -0.15) is 0 Å². The summed E-state index contributed by atoms with van der Waals surface area (Å²) >= 11 is 0. The lowest BCUT2D eigenvalue weighted by Gasteiger charge is -2.23. The molecule has 24 heavy (non-hydrogen) atoms. The number of fused-ring (bicyclic) bond motifs is 1. The van der Waals surface area contributed by atoms with Crippen LogP contribution < -0.4 is 14.8 Å². The van der Waals surface area contributed by atoms with E-state index in [4.69, 9.17) is 9.47 Å². The second-order valence-corrected chi connectivity index (χ2v) is 6.19. The first-order valence-electron chi connectivity index (χ1n) is 8.26. The summed E-state index contributed by atoms with van der Waals surface area (Å²) in [5.41, 5.74) is 2.16. The SMILES string of the molecule is O=C(NCc1ccccc1)N(Cc1ccc2c(c1)OCO2)C1CC1. The van der Waals surface area contributed by atoms with Crippen LogP contribution in [-0.4, -0.2) is 23.8 Å². The molecular weight excluding hydrogens is 304 g/mol. The number of nitrogens with one attached hydrogen (secondary N) is 1. The van der Waals surface area contributed by atoms with E-state index in [1.165, 1.54) is 0 Å². The lowest BCUT2D eigenvalue weighted by atomic mass is 10.2. The Labute approximate surface area is 141 Å². The summed E-state index contributed by atoms with van der Waals surface area (Å²) in [5.74, 6) is 1.53. The molecule has 0 bridgehead atoms. The topological polar surface area (TPSA) is 50.8 Å². The van der Waals surface area contributed by atoms with Gasteiger partial charge in [-0.15, -0.1) is 0 Å². The number of ether oxygens (including phenoxy) is 2. The highest BCUT2D eigenvalue weighted by atomic mass is 16.7. The quantitative estimate of drug-likeness (QED) is 0.918. The van der Waals surface area contributed by atoms with Crippen molar-refractivity contribution < 1.29 is 14.3 Å². The highest BCUT2D eigenvalue weighted by Gasteiger charge is 2.32. The van der Waals surface area contributed by atoms with Crippen LogP contribution in [0.2, 0.25) is 0 Å². The molecule has 1 saturated carbocycles. The number of nitrogens with zero attached hydrogens (tertiary/aromatic N) is 1. The summed E-state index contributed by atoms with van der Waals surface area (Å²) in [5, 5.41) is 3.02. The molecule has 0 spiro atoms. The van der Waals surface area contributed by atoms with Crippen molar-refractivity contribution in [1.82, 2.24) is 10.2 Å². The van der Waals surface area contributed by atoms with Crippen LogP contribution >= 0.6 is 0 Å². The Kier molecular flexibility index (Phi) is 3.99. The number of carbonyl (C=O) groups excluding carboxylic acids is 1. The Hall–Kier alpha value is -2.69. The molecule has 0 radical (unpaired) electrons. The largest absolute Gasteiger partial charge is 0.454 e. The third-order valence-corrected chi connectivity index (χ3v) is 4.32. The molecule has 0 atom stereocenters. The van der Waals surface area contributed by atoms with Crippen LogP contribution in [0.25, 0.3) is 0 Å². The third-order valence-electron chi connectivity index (χ3n) is 4.32. The predicted octanol–water partition coefficient (Wildman–Crippen LogP) is 3.29. The van der Waals surface area contributed by atoms with E-state index in [1.54, 1.807) is 0 Å². The number of urea groups is 1. The smallest absolute Gasteiger partial charge is 0.318 e. The van der Waals surface area contributed by atoms with Gasteiger partial charge in [0, 0.05) is 19.1 Å². The molecule has 5 heteroatoms. The minimum Gasteiger partial charge on any atom is -0.454 e. The normalized spacial score (nSPS) is 15.2. The zero-order valence-corrected chi connectivity index (χ0v) is 13.4. The van der Waals surface area contributed by atoms with Crippen molar-refractivity contribution >= 4 is 6.03 Å². The van der Waals surface area contributed by atoms with Crippen LogP contribution in [0.4, 0.5) is 4.79 Å². The van der Waals surface area contributed by atoms with Gasteiger partial charge < -0.3 is 19.7 Å². The maximum atomic E-state index is 12.6. The van der Waals surface area contributed by atoms with Crippen molar-refractivity contribution in [2.45, 2.75) is 32.0 Å². The third kappa shape index (κ3) is 3.30. The Morgan fingerprint density at radius 2 is 1.83 bits per heavy atom. The van der Waals surface area contributed by atoms with Crippen LogP contribution in [0.1, 0.15) is 24.0 Å². The van der Waals surface area contributed by atoms with E-state index in [2.05, 4.69) is 5.32 Å². The molecule has 4 rings (SSSR count). The first kappa shape index (κ1) is 14.9. The van der Waals surface area contributed by atoms with Crippen molar-refractivity contribution in [3.8, 4) is 11.5 Å². The van der Waals surface area contributed by atoms with Gasteiger partial charge in [-0.25, -0.2) is 4.79 Å². The summed E-state index contributed by atoms with van der Waals surface area (Å²) in [6.45, 7) is 1.40. The molecule has 1 N–H and O–H groups in total. The average molecular weight is 324 g/mol.